The molecular formula is C18H18BNO4. The summed E-state index contributed by atoms with van der Waals surface area (Å²) in [6.07, 6.45) is 0. The normalized spacial score (nSPS) is 10.6. The molecule has 0 spiro atoms. The number of ether oxygens (including phenoxy) is 1. The van der Waals surface area contributed by atoms with Gasteiger partial charge in [-0.3, -0.25) is 0 Å². The number of aromatic nitrogens is 1. The Hall–Kier alpha value is -2.70. The van der Waals surface area contributed by atoms with E-state index in [1.54, 1.807) is 6.07 Å². The number of phenolic OH excluding ortho intramolecular Hbond substituents is 1. The SMILES string of the molecule is Cc1ccc(-c2cc(O)c(B(O)O)c(OCc3ccccc3)c2)[nH]1. The molecular weight excluding hydrogens is 305 g/mol. The van der Waals surface area contributed by atoms with Gasteiger partial charge in [-0.1, -0.05) is 30.3 Å². The summed E-state index contributed by atoms with van der Waals surface area (Å²) >= 11 is 0. The Kier molecular flexibility index (Phi) is 4.60. The standard InChI is InChI=1S/C18H18BNO4/c1-12-7-8-15(20-12)14-9-16(21)18(19(22)23)17(10-14)24-11-13-5-3-2-4-6-13/h2-10,20-23H,11H2,1H3. The second kappa shape index (κ2) is 6.82. The summed E-state index contributed by atoms with van der Waals surface area (Å²) in [6.45, 7) is 2.19. The lowest BCUT2D eigenvalue weighted by atomic mass is 9.78. The summed E-state index contributed by atoms with van der Waals surface area (Å²) < 4.78 is 5.74. The highest BCUT2D eigenvalue weighted by Crippen LogP contribution is 2.28. The fraction of sp³-hybridized carbons (Fsp3) is 0.111. The van der Waals surface area contributed by atoms with Gasteiger partial charge in [-0.2, -0.15) is 0 Å². The van der Waals surface area contributed by atoms with Crippen molar-refractivity contribution in [3.05, 3.63) is 65.9 Å². The number of H-pyrrole nitrogens is 1. The summed E-state index contributed by atoms with van der Waals surface area (Å²) in [5.74, 6) is 0.00826. The van der Waals surface area contributed by atoms with E-state index < -0.39 is 7.12 Å². The van der Waals surface area contributed by atoms with Crippen LogP contribution in [0.15, 0.2) is 54.6 Å². The van der Waals surface area contributed by atoms with Crippen LogP contribution in [0.4, 0.5) is 0 Å². The predicted octanol–water partition coefficient (Wildman–Crippen LogP) is 1.95. The Morgan fingerprint density at radius 1 is 1.04 bits per heavy atom. The maximum atomic E-state index is 10.2. The Morgan fingerprint density at radius 3 is 2.42 bits per heavy atom. The monoisotopic (exact) mass is 323 g/mol. The molecule has 0 aliphatic carbocycles. The average Bonchev–Trinajstić information content (AvgIpc) is 2.99. The average molecular weight is 323 g/mol. The Labute approximate surface area is 140 Å². The molecule has 0 unspecified atom stereocenters. The van der Waals surface area contributed by atoms with Gasteiger partial charge < -0.3 is 24.9 Å². The van der Waals surface area contributed by atoms with Gasteiger partial charge in [-0.05, 0) is 36.8 Å². The molecule has 0 amide bonds. The lowest BCUT2D eigenvalue weighted by Crippen LogP contribution is -2.31. The molecule has 1 aromatic heterocycles. The number of hydrogen-bond donors (Lipinski definition) is 4. The quantitative estimate of drug-likeness (QED) is 0.541. The largest absolute Gasteiger partial charge is 0.508 e. The molecule has 0 aliphatic rings. The van der Waals surface area contributed by atoms with Crippen LogP contribution in [0.1, 0.15) is 11.3 Å². The first-order chi connectivity index (χ1) is 11.5. The van der Waals surface area contributed by atoms with Crippen molar-refractivity contribution in [2.45, 2.75) is 13.5 Å². The van der Waals surface area contributed by atoms with Gasteiger partial charge in [-0.25, -0.2) is 0 Å². The Balaban J connectivity index is 1.96. The number of rotatable bonds is 5. The number of aromatic amines is 1. The second-order valence-electron chi connectivity index (χ2n) is 5.61. The van der Waals surface area contributed by atoms with Gasteiger partial charge in [0.25, 0.3) is 0 Å². The van der Waals surface area contributed by atoms with Crippen molar-refractivity contribution >= 4 is 12.6 Å². The van der Waals surface area contributed by atoms with Gasteiger partial charge in [-0.15, -0.1) is 0 Å². The molecule has 2 aromatic carbocycles. The maximum absolute atomic E-state index is 10.2. The van der Waals surface area contributed by atoms with Gasteiger partial charge in [0.2, 0.25) is 0 Å². The van der Waals surface area contributed by atoms with E-state index in [1.165, 1.54) is 6.07 Å². The van der Waals surface area contributed by atoms with Crippen LogP contribution < -0.4 is 10.2 Å². The molecule has 24 heavy (non-hydrogen) atoms. The summed E-state index contributed by atoms with van der Waals surface area (Å²) in [5, 5.41) is 29.3. The number of hydrogen-bond acceptors (Lipinski definition) is 4. The molecule has 6 heteroatoms. The first kappa shape index (κ1) is 16.2. The fourth-order valence-electron chi connectivity index (χ4n) is 2.55. The highest BCUT2D eigenvalue weighted by atomic mass is 16.5. The fourth-order valence-corrected chi connectivity index (χ4v) is 2.55. The molecule has 0 saturated heterocycles. The van der Waals surface area contributed by atoms with E-state index in [2.05, 4.69) is 4.98 Å². The minimum Gasteiger partial charge on any atom is -0.508 e. The number of aromatic hydroxyl groups is 1. The molecule has 3 aromatic rings. The van der Waals surface area contributed by atoms with Crippen LogP contribution >= 0.6 is 0 Å². The predicted molar refractivity (Wildman–Crippen MR) is 93.2 cm³/mol. The highest BCUT2D eigenvalue weighted by Gasteiger charge is 2.23. The number of phenols is 1. The van der Waals surface area contributed by atoms with E-state index in [0.717, 1.165) is 17.0 Å². The van der Waals surface area contributed by atoms with Crippen molar-refractivity contribution < 1.29 is 19.9 Å². The van der Waals surface area contributed by atoms with Crippen molar-refractivity contribution in [2.75, 3.05) is 0 Å². The van der Waals surface area contributed by atoms with Crippen LogP contribution in [0.25, 0.3) is 11.3 Å². The molecule has 0 fully saturated rings. The molecule has 0 saturated carbocycles. The van der Waals surface area contributed by atoms with Gasteiger partial charge >= 0.3 is 7.12 Å². The van der Waals surface area contributed by atoms with Crippen LogP contribution in [0, 0.1) is 6.92 Å². The van der Waals surface area contributed by atoms with Crippen LogP contribution in [0.3, 0.4) is 0 Å². The maximum Gasteiger partial charge on any atom is 0.496 e. The number of nitrogens with one attached hydrogen (secondary N) is 1. The van der Waals surface area contributed by atoms with E-state index in [0.29, 0.717) is 5.56 Å². The molecule has 0 bridgehead atoms. The zero-order valence-electron chi connectivity index (χ0n) is 13.2. The number of aryl methyl sites for hydroxylation is 1. The molecule has 4 N–H and O–H groups in total. The van der Waals surface area contributed by atoms with Crippen LogP contribution in [-0.2, 0) is 6.61 Å². The van der Waals surface area contributed by atoms with Crippen molar-refractivity contribution in [3.8, 4) is 22.8 Å². The van der Waals surface area contributed by atoms with E-state index in [9.17, 15) is 15.2 Å². The molecule has 1 heterocycles. The van der Waals surface area contributed by atoms with Crippen molar-refractivity contribution in [2.24, 2.45) is 0 Å². The smallest absolute Gasteiger partial charge is 0.496 e. The molecule has 0 aliphatic heterocycles. The lowest BCUT2D eigenvalue weighted by Gasteiger charge is -2.14. The van der Waals surface area contributed by atoms with Crippen LogP contribution in [0.5, 0.6) is 11.5 Å². The Morgan fingerprint density at radius 2 is 1.79 bits per heavy atom. The zero-order valence-corrected chi connectivity index (χ0v) is 13.2. The first-order valence-electron chi connectivity index (χ1n) is 7.60. The van der Waals surface area contributed by atoms with Crippen molar-refractivity contribution in [3.63, 3.8) is 0 Å². The minimum atomic E-state index is -1.82. The van der Waals surface area contributed by atoms with Crippen molar-refractivity contribution in [1.29, 1.82) is 0 Å². The van der Waals surface area contributed by atoms with E-state index in [1.807, 2.05) is 49.4 Å². The first-order valence-corrected chi connectivity index (χ1v) is 7.60. The number of benzene rings is 2. The molecule has 0 radical (unpaired) electrons. The zero-order chi connectivity index (χ0) is 17.1. The third-order valence-electron chi connectivity index (χ3n) is 3.76. The summed E-state index contributed by atoms with van der Waals surface area (Å²) in [5.41, 5.74) is 3.40. The van der Waals surface area contributed by atoms with Gasteiger partial charge in [0, 0.05) is 17.0 Å². The summed E-state index contributed by atoms with van der Waals surface area (Å²) in [7, 11) is -1.82. The Bertz CT molecular complexity index is 830. The molecule has 3 rings (SSSR count). The van der Waals surface area contributed by atoms with Gasteiger partial charge in [0.15, 0.2) is 0 Å². The summed E-state index contributed by atoms with van der Waals surface area (Å²) in [6, 6.07) is 16.5. The van der Waals surface area contributed by atoms with Crippen molar-refractivity contribution in [1.82, 2.24) is 4.98 Å². The van der Waals surface area contributed by atoms with Crippen LogP contribution in [-0.4, -0.2) is 27.3 Å². The van der Waals surface area contributed by atoms with Gasteiger partial charge in [0.1, 0.15) is 18.1 Å². The molecule has 0 atom stereocenters. The van der Waals surface area contributed by atoms with E-state index in [-0.39, 0.29) is 23.6 Å². The second-order valence-corrected chi connectivity index (χ2v) is 5.61. The van der Waals surface area contributed by atoms with Crippen LogP contribution in [0.2, 0.25) is 0 Å². The van der Waals surface area contributed by atoms with Gasteiger partial charge in [0.05, 0.1) is 5.46 Å². The lowest BCUT2D eigenvalue weighted by molar-refractivity contribution is 0.305. The topological polar surface area (TPSA) is 85.7 Å². The van der Waals surface area contributed by atoms with E-state index in [4.69, 9.17) is 4.74 Å². The molecule has 122 valence electrons. The minimum absolute atomic E-state index is 0.0436. The third-order valence-corrected chi connectivity index (χ3v) is 3.76. The third kappa shape index (κ3) is 3.45. The molecule has 5 nitrogen and oxygen atoms in total. The van der Waals surface area contributed by atoms with E-state index >= 15 is 0 Å². The highest BCUT2D eigenvalue weighted by molar-refractivity contribution is 6.61. The summed E-state index contributed by atoms with van der Waals surface area (Å²) in [4.78, 5) is 3.18.